The fourth-order valence-electron chi connectivity index (χ4n) is 1.40. The first-order chi connectivity index (χ1) is 7.05. The van der Waals surface area contributed by atoms with Gasteiger partial charge in [-0.15, -0.1) is 5.92 Å². The quantitative estimate of drug-likeness (QED) is 0.668. The Morgan fingerprint density at radius 1 is 1.20 bits per heavy atom. The fraction of sp³-hybridized carbons (Fsp3) is 0.429. The molecule has 0 aliphatic heterocycles. The summed E-state index contributed by atoms with van der Waals surface area (Å²) >= 11 is 0. The molecule has 1 nitrogen and oxygen atoms in total. The third-order valence-electron chi connectivity index (χ3n) is 2.17. The number of hydrogen-bond acceptors (Lipinski definition) is 1. The van der Waals surface area contributed by atoms with Gasteiger partial charge in [-0.1, -0.05) is 44.9 Å². The van der Waals surface area contributed by atoms with E-state index in [0.717, 1.165) is 5.75 Å². The molecule has 1 heteroatoms. The maximum Gasteiger partial charge on any atom is 0.149 e. The van der Waals surface area contributed by atoms with Crippen molar-refractivity contribution < 1.29 is 4.74 Å². The summed E-state index contributed by atoms with van der Waals surface area (Å²) < 4.78 is 5.63. The zero-order chi connectivity index (χ0) is 11.3. The molecule has 0 bridgehead atoms. The molecule has 1 aromatic rings. The van der Waals surface area contributed by atoms with Gasteiger partial charge in [0.2, 0.25) is 0 Å². The zero-order valence-electron chi connectivity index (χ0n) is 9.92. The number of rotatable bonds is 2. The van der Waals surface area contributed by atoms with E-state index >= 15 is 0 Å². The molecular weight excluding hydrogens is 184 g/mol. The molecule has 0 unspecified atom stereocenters. The Balaban J connectivity index is 2.90. The van der Waals surface area contributed by atoms with Gasteiger partial charge >= 0.3 is 0 Å². The molecule has 1 rings (SSSR count). The van der Waals surface area contributed by atoms with E-state index in [9.17, 15) is 0 Å². The van der Waals surface area contributed by atoms with E-state index in [1.54, 1.807) is 0 Å². The highest BCUT2D eigenvalue weighted by Crippen LogP contribution is 2.30. The molecule has 0 aromatic heterocycles. The third-order valence-corrected chi connectivity index (χ3v) is 2.17. The van der Waals surface area contributed by atoms with Gasteiger partial charge in [-0.3, -0.25) is 0 Å². The van der Waals surface area contributed by atoms with Gasteiger partial charge in [0.25, 0.3) is 0 Å². The number of para-hydroxylation sites is 1. The lowest BCUT2D eigenvalue weighted by atomic mass is 9.86. The highest BCUT2D eigenvalue weighted by Gasteiger charge is 2.17. The second-order valence-electron chi connectivity index (χ2n) is 4.46. The molecule has 0 saturated carbocycles. The second-order valence-corrected chi connectivity index (χ2v) is 4.46. The first-order valence-corrected chi connectivity index (χ1v) is 5.17. The van der Waals surface area contributed by atoms with E-state index in [2.05, 4.69) is 38.7 Å². The van der Waals surface area contributed by atoms with Gasteiger partial charge in [-0.25, -0.2) is 0 Å². The van der Waals surface area contributed by atoms with Crippen LogP contribution in [0.1, 0.15) is 33.3 Å². The Labute approximate surface area is 92.5 Å². The van der Waals surface area contributed by atoms with Crippen molar-refractivity contribution in [3.63, 3.8) is 0 Å². The third kappa shape index (κ3) is 3.32. The molecule has 0 N–H and O–H groups in total. The molecule has 15 heavy (non-hydrogen) atoms. The van der Waals surface area contributed by atoms with Crippen LogP contribution in [0, 0.1) is 11.8 Å². The number of hydrogen-bond donors (Lipinski definition) is 0. The van der Waals surface area contributed by atoms with E-state index in [0.29, 0.717) is 6.61 Å². The van der Waals surface area contributed by atoms with Crippen molar-refractivity contribution >= 4 is 0 Å². The zero-order valence-corrected chi connectivity index (χ0v) is 9.92. The number of benzene rings is 1. The van der Waals surface area contributed by atoms with E-state index in [-0.39, 0.29) is 5.41 Å². The van der Waals surface area contributed by atoms with Crippen molar-refractivity contribution in [3.8, 4) is 17.6 Å². The summed E-state index contributed by atoms with van der Waals surface area (Å²) in [6.45, 7) is 8.82. The van der Waals surface area contributed by atoms with E-state index < -0.39 is 0 Å². The topological polar surface area (TPSA) is 9.23 Å². The first kappa shape index (κ1) is 11.7. The highest BCUT2D eigenvalue weighted by atomic mass is 16.5. The van der Waals surface area contributed by atoms with E-state index in [4.69, 9.17) is 4.74 Å². The molecule has 0 saturated heterocycles. The molecule has 80 valence electrons. The van der Waals surface area contributed by atoms with Crippen LogP contribution in [0.3, 0.4) is 0 Å². The van der Waals surface area contributed by atoms with E-state index in [1.807, 2.05) is 25.1 Å². The lowest BCUT2D eigenvalue weighted by molar-refractivity contribution is 0.357. The van der Waals surface area contributed by atoms with Crippen molar-refractivity contribution in [2.24, 2.45) is 0 Å². The molecule has 0 heterocycles. The Morgan fingerprint density at radius 3 is 2.47 bits per heavy atom. The second kappa shape index (κ2) is 4.89. The monoisotopic (exact) mass is 202 g/mol. The minimum absolute atomic E-state index is 0.107. The minimum Gasteiger partial charge on any atom is -0.481 e. The summed E-state index contributed by atoms with van der Waals surface area (Å²) in [5.74, 6) is 6.66. The minimum atomic E-state index is 0.107. The smallest absolute Gasteiger partial charge is 0.149 e. The van der Waals surface area contributed by atoms with Gasteiger partial charge in [0, 0.05) is 0 Å². The normalized spacial score (nSPS) is 10.4. The SMILES string of the molecule is CC#CCOc1ccccc1C(C)(C)C. The summed E-state index contributed by atoms with van der Waals surface area (Å²) in [7, 11) is 0. The van der Waals surface area contributed by atoms with Crippen molar-refractivity contribution in [3.05, 3.63) is 29.8 Å². The predicted octanol–water partition coefficient (Wildman–Crippen LogP) is 3.39. The lowest BCUT2D eigenvalue weighted by Gasteiger charge is -2.22. The predicted molar refractivity (Wildman–Crippen MR) is 64.1 cm³/mol. The van der Waals surface area contributed by atoms with Crippen LogP contribution in [0.15, 0.2) is 24.3 Å². The van der Waals surface area contributed by atoms with Crippen molar-refractivity contribution in [2.75, 3.05) is 6.61 Å². The molecule has 0 radical (unpaired) electrons. The molecule has 0 spiro atoms. The maximum atomic E-state index is 5.63. The van der Waals surface area contributed by atoms with Crippen molar-refractivity contribution in [1.82, 2.24) is 0 Å². The molecule has 0 aliphatic rings. The van der Waals surface area contributed by atoms with Crippen LogP contribution >= 0.6 is 0 Å². The summed E-state index contributed by atoms with van der Waals surface area (Å²) in [4.78, 5) is 0. The molecule has 0 amide bonds. The van der Waals surface area contributed by atoms with Crippen LogP contribution in [-0.2, 0) is 5.41 Å². The number of ether oxygens (including phenoxy) is 1. The van der Waals surface area contributed by atoms with Crippen LogP contribution in [0.4, 0.5) is 0 Å². The molecule has 0 fully saturated rings. The van der Waals surface area contributed by atoms with Gasteiger partial charge in [-0.05, 0) is 24.0 Å². The van der Waals surface area contributed by atoms with Gasteiger partial charge in [0.15, 0.2) is 0 Å². The molecule has 0 atom stereocenters. The largest absolute Gasteiger partial charge is 0.481 e. The Kier molecular flexibility index (Phi) is 3.80. The van der Waals surface area contributed by atoms with Crippen molar-refractivity contribution in [2.45, 2.75) is 33.1 Å². The van der Waals surface area contributed by atoms with Crippen LogP contribution in [0.25, 0.3) is 0 Å². The van der Waals surface area contributed by atoms with Crippen LogP contribution < -0.4 is 4.74 Å². The molecule has 0 aliphatic carbocycles. The summed E-state index contributed by atoms with van der Waals surface area (Å²) in [5.41, 5.74) is 1.33. The first-order valence-electron chi connectivity index (χ1n) is 5.17. The van der Waals surface area contributed by atoms with Crippen LogP contribution in [0.2, 0.25) is 0 Å². The standard InChI is InChI=1S/C14H18O/c1-5-6-11-15-13-10-8-7-9-12(13)14(2,3)4/h7-10H,11H2,1-4H3. The van der Waals surface area contributed by atoms with Gasteiger partial charge in [0.1, 0.15) is 12.4 Å². The van der Waals surface area contributed by atoms with Crippen LogP contribution in [-0.4, -0.2) is 6.61 Å². The summed E-state index contributed by atoms with van der Waals surface area (Å²) in [6, 6.07) is 8.13. The molecular formula is C14H18O. The average molecular weight is 202 g/mol. The van der Waals surface area contributed by atoms with Crippen LogP contribution in [0.5, 0.6) is 5.75 Å². The van der Waals surface area contributed by atoms with E-state index in [1.165, 1.54) is 5.56 Å². The van der Waals surface area contributed by atoms with Gasteiger partial charge in [-0.2, -0.15) is 0 Å². The molecule has 1 aromatic carbocycles. The Bertz CT molecular complexity index is 374. The van der Waals surface area contributed by atoms with Gasteiger partial charge < -0.3 is 4.74 Å². The summed E-state index contributed by atoms with van der Waals surface area (Å²) in [6.07, 6.45) is 0. The average Bonchev–Trinajstić information content (AvgIpc) is 2.17. The Morgan fingerprint density at radius 2 is 1.87 bits per heavy atom. The Hall–Kier alpha value is -1.42. The summed E-state index contributed by atoms with van der Waals surface area (Å²) in [5, 5.41) is 0. The fourth-order valence-corrected chi connectivity index (χ4v) is 1.40. The van der Waals surface area contributed by atoms with Gasteiger partial charge in [0.05, 0.1) is 0 Å². The van der Waals surface area contributed by atoms with Crippen molar-refractivity contribution in [1.29, 1.82) is 0 Å². The maximum absolute atomic E-state index is 5.63. The lowest BCUT2D eigenvalue weighted by Crippen LogP contribution is -2.13. The highest BCUT2D eigenvalue weighted by molar-refractivity contribution is 5.38.